The lowest BCUT2D eigenvalue weighted by molar-refractivity contribution is 0.204. The van der Waals surface area contributed by atoms with Crippen molar-refractivity contribution >= 4 is 16.9 Å². The van der Waals surface area contributed by atoms with Crippen LogP contribution in [0, 0.1) is 0 Å². The molecule has 0 unspecified atom stereocenters. The van der Waals surface area contributed by atoms with Crippen LogP contribution < -0.4 is 5.73 Å². The molecule has 2 aliphatic heterocycles. The van der Waals surface area contributed by atoms with Crippen LogP contribution in [0.15, 0.2) is 16.3 Å². The number of nitrogens with zero attached hydrogens (tertiary/aromatic N) is 1. The van der Waals surface area contributed by atoms with E-state index in [1.54, 1.807) is 11.8 Å². The van der Waals surface area contributed by atoms with Gasteiger partial charge in [-0.1, -0.05) is 11.8 Å². The lowest BCUT2D eigenvalue weighted by Gasteiger charge is -2.07. The van der Waals surface area contributed by atoms with Crippen LogP contribution in [0.25, 0.3) is 0 Å². The second-order valence-electron chi connectivity index (χ2n) is 2.28. The molecule has 0 aromatic heterocycles. The van der Waals surface area contributed by atoms with Crippen molar-refractivity contribution in [2.75, 3.05) is 19.0 Å². The Bertz CT molecular complexity index is 222. The minimum atomic E-state index is 0.649. The summed E-state index contributed by atoms with van der Waals surface area (Å²) in [5.41, 5.74) is 7.87. The Morgan fingerprint density at radius 3 is 3.30 bits per heavy atom. The van der Waals surface area contributed by atoms with E-state index >= 15 is 0 Å². The van der Waals surface area contributed by atoms with Crippen molar-refractivity contribution in [1.29, 1.82) is 0 Å². The van der Waals surface area contributed by atoms with Gasteiger partial charge in [-0.3, -0.25) is 0 Å². The van der Waals surface area contributed by atoms with Crippen LogP contribution in [0.5, 0.6) is 0 Å². The zero-order valence-corrected chi connectivity index (χ0v) is 6.28. The third kappa shape index (κ3) is 0.932. The number of ether oxygens (including phenoxy) is 1. The highest BCUT2D eigenvalue weighted by Gasteiger charge is 2.18. The molecule has 0 radical (unpaired) electrons. The first kappa shape index (κ1) is 6.24. The summed E-state index contributed by atoms with van der Waals surface area (Å²) in [6, 6.07) is 0. The Morgan fingerprint density at radius 1 is 1.50 bits per heavy atom. The van der Waals surface area contributed by atoms with Crippen molar-refractivity contribution in [3.05, 3.63) is 11.3 Å². The number of rotatable bonds is 0. The predicted molar refractivity (Wildman–Crippen MR) is 41.9 cm³/mol. The molecule has 2 heterocycles. The first-order chi connectivity index (χ1) is 4.86. The van der Waals surface area contributed by atoms with Crippen LogP contribution >= 0.6 is 11.8 Å². The SMILES string of the molecule is NC1=NC2=C(COC2)CS1. The molecule has 0 amide bonds. The van der Waals surface area contributed by atoms with E-state index in [1.165, 1.54) is 5.57 Å². The number of hydrogen-bond donors (Lipinski definition) is 1. The van der Waals surface area contributed by atoms with E-state index in [0.717, 1.165) is 18.1 Å². The molecule has 0 bridgehead atoms. The molecular formula is C6H8N2OS. The van der Waals surface area contributed by atoms with Crippen LogP contribution in [-0.2, 0) is 4.74 Å². The molecule has 3 nitrogen and oxygen atoms in total. The average molecular weight is 156 g/mol. The van der Waals surface area contributed by atoms with Gasteiger partial charge in [-0.15, -0.1) is 0 Å². The van der Waals surface area contributed by atoms with E-state index < -0.39 is 0 Å². The summed E-state index contributed by atoms with van der Waals surface area (Å²) in [5, 5.41) is 0.671. The van der Waals surface area contributed by atoms with Crippen molar-refractivity contribution in [3.63, 3.8) is 0 Å². The zero-order chi connectivity index (χ0) is 6.97. The van der Waals surface area contributed by atoms with Gasteiger partial charge in [0.1, 0.15) is 0 Å². The van der Waals surface area contributed by atoms with E-state index in [1.807, 2.05) is 0 Å². The maximum absolute atomic E-state index is 5.51. The van der Waals surface area contributed by atoms with E-state index in [9.17, 15) is 0 Å². The standard InChI is InChI=1S/C6H8N2OS/c7-6-8-5-2-9-1-4(5)3-10-6/h1-3H2,(H2,7,8). The van der Waals surface area contributed by atoms with Gasteiger partial charge in [-0.05, 0) is 5.57 Å². The topological polar surface area (TPSA) is 47.6 Å². The van der Waals surface area contributed by atoms with Gasteiger partial charge in [0.05, 0.1) is 18.9 Å². The van der Waals surface area contributed by atoms with Gasteiger partial charge in [-0.25, -0.2) is 4.99 Å². The highest BCUT2D eigenvalue weighted by atomic mass is 32.2. The molecule has 54 valence electrons. The molecule has 2 N–H and O–H groups in total. The molecule has 4 heteroatoms. The summed E-state index contributed by atoms with van der Waals surface area (Å²) in [7, 11) is 0. The first-order valence-corrected chi connectivity index (χ1v) is 4.10. The van der Waals surface area contributed by atoms with Crippen LogP contribution in [0.4, 0.5) is 0 Å². The van der Waals surface area contributed by atoms with Crippen molar-refractivity contribution in [1.82, 2.24) is 0 Å². The minimum Gasteiger partial charge on any atom is -0.378 e. The summed E-state index contributed by atoms with van der Waals surface area (Å²) >= 11 is 1.58. The molecule has 0 fully saturated rings. The van der Waals surface area contributed by atoms with Crippen LogP contribution in [-0.4, -0.2) is 24.1 Å². The highest BCUT2D eigenvalue weighted by Crippen LogP contribution is 2.24. The fourth-order valence-electron chi connectivity index (χ4n) is 1.02. The summed E-state index contributed by atoms with van der Waals surface area (Å²) in [6.07, 6.45) is 0. The third-order valence-corrected chi connectivity index (χ3v) is 2.44. The Hall–Kier alpha value is -0.480. The normalized spacial score (nSPS) is 24.6. The fourth-order valence-corrected chi connectivity index (χ4v) is 1.77. The number of nitrogens with two attached hydrogens (primary N) is 1. The third-order valence-electron chi connectivity index (χ3n) is 1.56. The quantitative estimate of drug-likeness (QED) is 0.550. The summed E-state index contributed by atoms with van der Waals surface area (Å²) < 4.78 is 5.19. The van der Waals surface area contributed by atoms with Crippen LogP contribution in [0.3, 0.4) is 0 Å². The molecule has 2 rings (SSSR count). The molecule has 0 aromatic carbocycles. The van der Waals surface area contributed by atoms with E-state index in [0.29, 0.717) is 11.8 Å². The number of thioether (sulfide) groups is 1. The van der Waals surface area contributed by atoms with Gasteiger partial charge in [0, 0.05) is 5.75 Å². The Morgan fingerprint density at radius 2 is 2.40 bits per heavy atom. The van der Waals surface area contributed by atoms with Gasteiger partial charge in [0.15, 0.2) is 5.17 Å². The van der Waals surface area contributed by atoms with Crippen molar-refractivity contribution in [3.8, 4) is 0 Å². The summed E-state index contributed by atoms with van der Waals surface area (Å²) in [4.78, 5) is 4.16. The molecular weight excluding hydrogens is 148 g/mol. The molecule has 10 heavy (non-hydrogen) atoms. The number of amidine groups is 1. The van der Waals surface area contributed by atoms with E-state index in [-0.39, 0.29) is 0 Å². The largest absolute Gasteiger partial charge is 0.378 e. The predicted octanol–water partition coefficient (Wildman–Crippen LogP) is 0.332. The molecule has 0 atom stereocenters. The van der Waals surface area contributed by atoms with E-state index in [4.69, 9.17) is 10.5 Å². The average Bonchev–Trinajstić information content (AvgIpc) is 2.33. The first-order valence-electron chi connectivity index (χ1n) is 3.12. The zero-order valence-electron chi connectivity index (χ0n) is 5.46. The minimum absolute atomic E-state index is 0.649. The molecule has 0 spiro atoms. The summed E-state index contributed by atoms with van der Waals surface area (Å²) in [6.45, 7) is 1.40. The van der Waals surface area contributed by atoms with Gasteiger partial charge >= 0.3 is 0 Å². The van der Waals surface area contributed by atoms with Crippen LogP contribution in [0.1, 0.15) is 0 Å². The van der Waals surface area contributed by atoms with Gasteiger partial charge in [0.2, 0.25) is 0 Å². The molecule has 0 saturated carbocycles. The summed E-state index contributed by atoms with van der Waals surface area (Å²) in [5.74, 6) is 0.963. The molecule has 0 aliphatic carbocycles. The Kier molecular flexibility index (Phi) is 1.43. The molecule has 0 saturated heterocycles. The van der Waals surface area contributed by atoms with Gasteiger partial charge in [0.25, 0.3) is 0 Å². The lowest BCUT2D eigenvalue weighted by Crippen LogP contribution is -2.12. The fraction of sp³-hybridized carbons (Fsp3) is 0.500. The monoisotopic (exact) mass is 156 g/mol. The van der Waals surface area contributed by atoms with Crippen molar-refractivity contribution in [2.45, 2.75) is 0 Å². The van der Waals surface area contributed by atoms with E-state index in [2.05, 4.69) is 4.99 Å². The van der Waals surface area contributed by atoms with Crippen molar-refractivity contribution in [2.24, 2.45) is 10.7 Å². The Balaban J connectivity index is 2.29. The second kappa shape index (κ2) is 2.29. The Labute approximate surface area is 63.3 Å². The van der Waals surface area contributed by atoms with Gasteiger partial charge in [-0.2, -0.15) is 0 Å². The number of hydrogen-bond acceptors (Lipinski definition) is 4. The highest BCUT2D eigenvalue weighted by molar-refractivity contribution is 8.14. The molecule has 0 aromatic rings. The van der Waals surface area contributed by atoms with Gasteiger partial charge < -0.3 is 10.5 Å². The molecule has 2 aliphatic rings. The van der Waals surface area contributed by atoms with Crippen molar-refractivity contribution < 1.29 is 4.74 Å². The maximum atomic E-state index is 5.51. The smallest absolute Gasteiger partial charge is 0.159 e. The number of aliphatic imine (C=N–C) groups is 1. The lowest BCUT2D eigenvalue weighted by atomic mass is 10.3. The second-order valence-corrected chi connectivity index (χ2v) is 3.28. The van der Waals surface area contributed by atoms with Crippen LogP contribution in [0.2, 0.25) is 0 Å². The maximum Gasteiger partial charge on any atom is 0.159 e.